The lowest BCUT2D eigenvalue weighted by molar-refractivity contribution is 0.0820. The molecule has 3 heteroatoms. The molecule has 20 heavy (non-hydrogen) atoms. The van der Waals surface area contributed by atoms with Gasteiger partial charge in [-0.05, 0) is 54.5 Å². The largest absolute Gasteiger partial charge is 0.326 e. The summed E-state index contributed by atoms with van der Waals surface area (Å²) in [6.45, 7) is 3.64. The average Bonchev–Trinajstić information content (AvgIpc) is 2.46. The fraction of sp³-hybridized carbons (Fsp3) is 0.647. The van der Waals surface area contributed by atoms with Gasteiger partial charge in [0.25, 0.3) is 0 Å². The molecule has 1 aromatic carbocycles. The van der Waals surface area contributed by atoms with Crippen LogP contribution >= 0.6 is 0 Å². The summed E-state index contributed by atoms with van der Waals surface area (Å²) >= 11 is 0. The van der Waals surface area contributed by atoms with Crippen molar-refractivity contribution in [1.29, 1.82) is 0 Å². The minimum atomic E-state index is -0.157. The molecule has 0 spiro atoms. The van der Waals surface area contributed by atoms with Crippen molar-refractivity contribution in [3.05, 3.63) is 35.1 Å². The van der Waals surface area contributed by atoms with Gasteiger partial charge in [-0.25, -0.2) is 4.39 Å². The van der Waals surface area contributed by atoms with E-state index < -0.39 is 0 Å². The molecule has 1 heterocycles. The van der Waals surface area contributed by atoms with E-state index in [9.17, 15) is 4.39 Å². The van der Waals surface area contributed by atoms with E-state index in [0.29, 0.717) is 6.54 Å². The SMILES string of the molecule is NCc1cc(F)cc(CN2CCC3CCCCC3C2)c1. The molecule has 2 aliphatic rings. The van der Waals surface area contributed by atoms with E-state index in [0.717, 1.165) is 36.1 Å². The molecule has 110 valence electrons. The molecule has 1 aliphatic heterocycles. The van der Waals surface area contributed by atoms with Gasteiger partial charge < -0.3 is 5.73 Å². The molecule has 0 bridgehead atoms. The highest BCUT2D eigenvalue weighted by atomic mass is 19.1. The number of nitrogens with two attached hydrogens (primary N) is 1. The minimum absolute atomic E-state index is 0.157. The highest BCUT2D eigenvalue weighted by Gasteiger charge is 2.30. The lowest BCUT2D eigenvalue weighted by atomic mass is 9.75. The number of nitrogens with zero attached hydrogens (tertiary/aromatic N) is 1. The van der Waals surface area contributed by atoms with Crippen LogP contribution in [0.4, 0.5) is 4.39 Å². The van der Waals surface area contributed by atoms with Gasteiger partial charge in [-0.15, -0.1) is 0 Å². The third kappa shape index (κ3) is 3.21. The monoisotopic (exact) mass is 276 g/mol. The van der Waals surface area contributed by atoms with Gasteiger partial charge >= 0.3 is 0 Å². The van der Waals surface area contributed by atoms with E-state index in [4.69, 9.17) is 5.73 Å². The molecule has 1 aliphatic carbocycles. The summed E-state index contributed by atoms with van der Waals surface area (Å²) < 4.78 is 13.6. The van der Waals surface area contributed by atoms with Crippen molar-refractivity contribution in [2.45, 2.75) is 45.2 Å². The van der Waals surface area contributed by atoms with Crippen LogP contribution in [0.25, 0.3) is 0 Å². The van der Waals surface area contributed by atoms with E-state index >= 15 is 0 Å². The van der Waals surface area contributed by atoms with Gasteiger partial charge in [-0.1, -0.05) is 25.3 Å². The van der Waals surface area contributed by atoms with Crippen molar-refractivity contribution in [2.75, 3.05) is 13.1 Å². The van der Waals surface area contributed by atoms with Crippen LogP contribution in [0.1, 0.15) is 43.2 Å². The zero-order valence-electron chi connectivity index (χ0n) is 12.2. The van der Waals surface area contributed by atoms with Crippen LogP contribution in [0, 0.1) is 17.7 Å². The topological polar surface area (TPSA) is 29.3 Å². The van der Waals surface area contributed by atoms with Gasteiger partial charge in [0.15, 0.2) is 0 Å². The van der Waals surface area contributed by atoms with E-state index in [2.05, 4.69) is 11.0 Å². The summed E-state index contributed by atoms with van der Waals surface area (Å²) in [5.74, 6) is 1.67. The maximum atomic E-state index is 13.6. The van der Waals surface area contributed by atoms with Crippen LogP contribution < -0.4 is 5.73 Å². The Morgan fingerprint density at radius 3 is 2.60 bits per heavy atom. The maximum Gasteiger partial charge on any atom is 0.123 e. The first-order valence-electron chi connectivity index (χ1n) is 7.95. The van der Waals surface area contributed by atoms with Gasteiger partial charge in [0, 0.05) is 19.6 Å². The number of halogens is 1. The Hall–Kier alpha value is -0.930. The van der Waals surface area contributed by atoms with E-state index in [1.54, 1.807) is 6.07 Å². The quantitative estimate of drug-likeness (QED) is 0.918. The number of piperidine rings is 1. The molecular weight excluding hydrogens is 251 g/mol. The normalized spacial score (nSPS) is 27.3. The average molecular weight is 276 g/mol. The predicted octanol–water partition coefficient (Wildman–Crippen LogP) is 3.30. The summed E-state index contributed by atoms with van der Waals surface area (Å²) in [5, 5.41) is 0. The molecule has 3 rings (SSSR count). The Balaban J connectivity index is 1.64. The second kappa shape index (κ2) is 6.23. The first-order chi connectivity index (χ1) is 9.74. The van der Waals surface area contributed by atoms with E-state index in [1.807, 2.05) is 0 Å². The zero-order valence-corrected chi connectivity index (χ0v) is 12.2. The van der Waals surface area contributed by atoms with Gasteiger partial charge in [-0.3, -0.25) is 4.90 Å². The fourth-order valence-electron chi connectivity index (χ4n) is 4.00. The molecule has 0 amide bonds. The van der Waals surface area contributed by atoms with Crippen LogP contribution in [0.3, 0.4) is 0 Å². The Kier molecular flexibility index (Phi) is 4.37. The Morgan fingerprint density at radius 1 is 1.05 bits per heavy atom. The summed E-state index contributed by atoms with van der Waals surface area (Å²) in [7, 11) is 0. The summed E-state index contributed by atoms with van der Waals surface area (Å²) in [5.41, 5.74) is 7.59. The smallest absolute Gasteiger partial charge is 0.123 e. The third-order valence-electron chi connectivity index (χ3n) is 5.03. The van der Waals surface area contributed by atoms with Crippen LogP contribution in [0.2, 0.25) is 0 Å². The number of benzene rings is 1. The summed E-state index contributed by atoms with van der Waals surface area (Å²) in [4.78, 5) is 2.50. The molecule has 0 radical (unpaired) electrons. The highest BCUT2D eigenvalue weighted by Crippen LogP contribution is 2.36. The second-order valence-corrected chi connectivity index (χ2v) is 6.50. The first kappa shape index (κ1) is 14.0. The standard InChI is InChI=1S/C17H25FN2/c18-17-8-13(10-19)7-14(9-17)11-20-6-5-15-3-1-2-4-16(15)12-20/h7-9,15-16H,1-6,10-12,19H2. The Bertz CT molecular complexity index is 460. The van der Waals surface area contributed by atoms with Crippen LogP contribution in [0.15, 0.2) is 18.2 Å². The fourth-order valence-corrected chi connectivity index (χ4v) is 4.00. The van der Waals surface area contributed by atoms with Crippen molar-refractivity contribution in [1.82, 2.24) is 4.90 Å². The highest BCUT2D eigenvalue weighted by molar-refractivity contribution is 5.24. The van der Waals surface area contributed by atoms with Crippen molar-refractivity contribution < 1.29 is 4.39 Å². The van der Waals surface area contributed by atoms with Gasteiger partial charge in [0.05, 0.1) is 0 Å². The van der Waals surface area contributed by atoms with Crippen LogP contribution in [-0.4, -0.2) is 18.0 Å². The lowest BCUT2D eigenvalue weighted by Crippen LogP contribution is -2.41. The molecule has 1 saturated carbocycles. The molecule has 1 aromatic rings. The summed E-state index contributed by atoms with van der Waals surface area (Å²) in [6, 6.07) is 5.25. The molecule has 2 nitrogen and oxygen atoms in total. The molecule has 2 N–H and O–H groups in total. The molecule has 2 fully saturated rings. The number of likely N-dealkylation sites (tertiary alicyclic amines) is 1. The van der Waals surface area contributed by atoms with E-state index in [-0.39, 0.29) is 5.82 Å². The molecular formula is C17H25FN2. The van der Waals surface area contributed by atoms with Crippen molar-refractivity contribution >= 4 is 0 Å². The van der Waals surface area contributed by atoms with Crippen molar-refractivity contribution in [2.24, 2.45) is 17.6 Å². The molecule has 2 atom stereocenters. The van der Waals surface area contributed by atoms with Crippen molar-refractivity contribution in [3.8, 4) is 0 Å². The number of fused-ring (bicyclic) bond motifs is 1. The molecule has 0 aromatic heterocycles. The van der Waals surface area contributed by atoms with Crippen LogP contribution in [0.5, 0.6) is 0 Å². The van der Waals surface area contributed by atoms with Gasteiger partial charge in [-0.2, -0.15) is 0 Å². The van der Waals surface area contributed by atoms with E-state index in [1.165, 1.54) is 44.7 Å². The van der Waals surface area contributed by atoms with Gasteiger partial charge in [0.2, 0.25) is 0 Å². The van der Waals surface area contributed by atoms with Crippen LogP contribution in [-0.2, 0) is 13.1 Å². The van der Waals surface area contributed by atoms with Crippen molar-refractivity contribution in [3.63, 3.8) is 0 Å². The molecule has 1 saturated heterocycles. The minimum Gasteiger partial charge on any atom is -0.326 e. The predicted molar refractivity (Wildman–Crippen MR) is 79.6 cm³/mol. The second-order valence-electron chi connectivity index (χ2n) is 6.50. The number of rotatable bonds is 3. The maximum absolute atomic E-state index is 13.6. The number of hydrogen-bond donors (Lipinski definition) is 1. The Morgan fingerprint density at radius 2 is 1.80 bits per heavy atom. The lowest BCUT2D eigenvalue weighted by Gasteiger charge is -2.41. The third-order valence-corrected chi connectivity index (χ3v) is 5.03. The molecule has 2 unspecified atom stereocenters. The summed E-state index contributed by atoms with van der Waals surface area (Å²) in [6.07, 6.45) is 6.95. The zero-order chi connectivity index (χ0) is 13.9. The number of hydrogen-bond acceptors (Lipinski definition) is 2. The first-order valence-corrected chi connectivity index (χ1v) is 7.95. The van der Waals surface area contributed by atoms with Gasteiger partial charge in [0.1, 0.15) is 5.82 Å². The Labute approximate surface area is 121 Å².